The van der Waals surface area contributed by atoms with Crippen molar-refractivity contribution in [1.82, 2.24) is 14.9 Å². The Hall–Kier alpha value is -3.63. The van der Waals surface area contributed by atoms with Crippen LogP contribution in [0.3, 0.4) is 0 Å². The van der Waals surface area contributed by atoms with Crippen molar-refractivity contribution in [2.24, 2.45) is 5.92 Å². The first-order chi connectivity index (χ1) is 18.3. The summed E-state index contributed by atoms with van der Waals surface area (Å²) in [5, 5.41) is 3.72. The van der Waals surface area contributed by atoms with Gasteiger partial charge < -0.3 is 20.7 Å². The van der Waals surface area contributed by atoms with Crippen LogP contribution in [0.4, 0.5) is 29.1 Å². The van der Waals surface area contributed by atoms with E-state index in [1.165, 1.54) is 6.07 Å². The maximum Gasteiger partial charge on any atom is 0.419 e. The second kappa shape index (κ2) is 10.9. The Morgan fingerprint density at radius 3 is 2.38 bits per heavy atom. The van der Waals surface area contributed by atoms with Crippen LogP contribution in [-0.2, 0) is 11.0 Å². The van der Waals surface area contributed by atoms with E-state index in [9.17, 15) is 22.4 Å². The van der Waals surface area contributed by atoms with E-state index in [0.717, 1.165) is 31.2 Å². The topological polar surface area (TPSA) is 93.4 Å². The number of ether oxygens (including phenoxy) is 1. The summed E-state index contributed by atoms with van der Waals surface area (Å²) >= 11 is 0. The monoisotopic (exact) mass is 547 g/mol. The van der Waals surface area contributed by atoms with Crippen molar-refractivity contribution in [3.05, 3.63) is 52.6 Å². The van der Waals surface area contributed by atoms with Gasteiger partial charge in [0.15, 0.2) is 0 Å². The van der Waals surface area contributed by atoms with Crippen molar-refractivity contribution in [2.75, 3.05) is 32.3 Å². The third-order valence-electron chi connectivity index (χ3n) is 7.36. The van der Waals surface area contributed by atoms with E-state index in [1.807, 2.05) is 12.1 Å². The minimum atomic E-state index is -4.88. The molecule has 1 atom stereocenters. The van der Waals surface area contributed by atoms with Gasteiger partial charge in [0, 0.05) is 42.7 Å². The number of carbonyl (C=O) groups is 1. The van der Waals surface area contributed by atoms with Gasteiger partial charge in [-0.1, -0.05) is 0 Å². The van der Waals surface area contributed by atoms with Gasteiger partial charge in [0.1, 0.15) is 23.2 Å². The highest BCUT2D eigenvalue weighted by atomic mass is 19.4. The van der Waals surface area contributed by atoms with E-state index in [1.54, 1.807) is 40.0 Å². The number of nitrogen functional groups attached to an aromatic ring is 1. The van der Waals surface area contributed by atoms with Gasteiger partial charge in [-0.05, 0) is 69.2 Å². The maximum atomic E-state index is 14.9. The highest BCUT2D eigenvalue weighted by Crippen LogP contribution is 2.43. The van der Waals surface area contributed by atoms with Crippen LogP contribution >= 0.6 is 0 Å². The molecule has 0 saturated heterocycles. The molecule has 1 heterocycles. The molecule has 11 heteroatoms. The minimum Gasteiger partial charge on any atom is -0.496 e. The van der Waals surface area contributed by atoms with Crippen LogP contribution in [0.5, 0.6) is 5.75 Å². The molecule has 1 aliphatic carbocycles. The number of nitrogens with zero attached hydrogens (tertiary/aromatic N) is 3. The SMILES string of the molecule is COc1cc2nc(C)nc(N[C@H](C)c3cc(N)cc(C(F)(F)F)c3F)c2cc1C1CCC(C(=O)N(C)C)CC1. The van der Waals surface area contributed by atoms with E-state index in [-0.39, 0.29) is 29.0 Å². The second-order valence-electron chi connectivity index (χ2n) is 10.3. The number of amides is 1. The van der Waals surface area contributed by atoms with Gasteiger partial charge >= 0.3 is 6.18 Å². The second-order valence-corrected chi connectivity index (χ2v) is 10.3. The molecule has 0 unspecified atom stereocenters. The number of benzene rings is 2. The fraction of sp³-hybridized carbons (Fsp3) is 0.464. The Labute approximate surface area is 224 Å². The Kier molecular flexibility index (Phi) is 7.90. The Balaban J connectivity index is 1.71. The molecule has 1 saturated carbocycles. The predicted octanol–water partition coefficient (Wildman–Crippen LogP) is 6.22. The molecule has 0 bridgehead atoms. The number of nitrogens with two attached hydrogens (primary N) is 1. The van der Waals surface area contributed by atoms with Crippen LogP contribution in [-0.4, -0.2) is 42.0 Å². The molecule has 0 spiro atoms. The van der Waals surface area contributed by atoms with Gasteiger partial charge in [0.05, 0.1) is 24.2 Å². The summed E-state index contributed by atoms with van der Waals surface area (Å²) in [6, 6.07) is 4.65. The number of alkyl halides is 3. The van der Waals surface area contributed by atoms with Gasteiger partial charge in [-0.3, -0.25) is 4.79 Å². The van der Waals surface area contributed by atoms with Crippen molar-refractivity contribution >= 4 is 28.3 Å². The Bertz CT molecular complexity index is 1380. The largest absolute Gasteiger partial charge is 0.496 e. The molecular weight excluding hydrogens is 514 g/mol. The maximum absolute atomic E-state index is 14.9. The standard InChI is InChI=1S/C28H33F4N5O2/c1-14(19-10-18(33)11-22(25(19)29)28(30,31)32)34-26-21-12-20(24(39-5)13-23(21)35-15(2)36-26)16-6-8-17(9-7-16)27(38)37(3)4/h10-14,16-17H,6-9,33H2,1-5H3,(H,34,35,36)/t14-,16?,17?/m1/s1. The van der Waals surface area contributed by atoms with Crippen LogP contribution in [0.15, 0.2) is 24.3 Å². The van der Waals surface area contributed by atoms with Crippen molar-refractivity contribution in [3.8, 4) is 5.75 Å². The molecule has 1 aromatic heterocycles. The van der Waals surface area contributed by atoms with Gasteiger partial charge in [-0.15, -0.1) is 0 Å². The number of methoxy groups -OCH3 is 1. The van der Waals surface area contributed by atoms with Gasteiger partial charge in [0.2, 0.25) is 5.91 Å². The summed E-state index contributed by atoms with van der Waals surface area (Å²) < 4.78 is 60.8. The lowest BCUT2D eigenvalue weighted by Crippen LogP contribution is -2.32. The molecule has 3 N–H and O–H groups in total. The van der Waals surface area contributed by atoms with Gasteiger partial charge in [-0.2, -0.15) is 13.2 Å². The lowest BCUT2D eigenvalue weighted by Gasteiger charge is -2.30. The number of rotatable bonds is 6. The van der Waals surface area contributed by atoms with E-state index in [2.05, 4.69) is 15.3 Å². The lowest BCUT2D eigenvalue weighted by molar-refractivity contribution is -0.140. The lowest BCUT2D eigenvalue weighted by atomic mass is 9.77. The minimum absolute atomic E-state index is 0.0124. The zero-order chi connectivity index (χ0) is 28.6. The van der Waals surface area contributed by atoms with Crippen LogP contribution in [0.1, 0.15) is 67.1 Å². The molecular formula is C28H33F4N5O2. The number of aromatic nitrogens is 2. The third kappa shape index (κ3) is 5.86. The van der Waals surface area contributed by atoms with Crippen molar-refractivity contribution in [3.63, 3.8) is 0 Å². The molecule has 1 aliphatic rings. The normalized spacial score (nSPS) is 18.6. The van der Waals surface area contributed by atoms with E-state index in [0.29, 0.717) is 34.4 Å². The third-order valence-corrected chi connectivity index (χ3v) is 7.36. The highest BCUT2D eigenvalue weighted by Gasteiger charge is 2.36. The van der Waals surface area contributed by atoms with Crippen LogP contribution < -0.4 is 15.8 Å². The van der Waals surface area contributed by atoms with Crippen LogP contribution in [0.2, 0.25) is 0 Å². The first-order valence-electron chi connectivity index (χ1n) is 12.8. The molecule has 39 heavy (non-hydrogen) atoms. The van der Waals surface area contributed by atoms with E-state index >= 15 is 0 Å². The first kappa shape index (κ1) is 28.4. The Morgan fingerprint density at radius 1 is 1.13 bits per heavy atom. The summed E-state index contributed by atoms with van der Waals surface area (Å²) in [4.78, 5) is 23.1. The first-order valence-corrected chi connectivity index (χ1v) is 12.8. The molecule has 0 radical (unpaired) electrons. The van der Waals surface area contributed by atoms with Crippen LogP contribution in [0.25, 0.3) is 10.9 Å². The number of halogens is 4. The predicted molar refractivity (Wildman–Crippen MR) is 142 cm³/mol. The fourth-order valence-corrected chi connectivity index (χ4v) is 5.39. The number of carbonyl (C=O) groups excluding carboxylic acids is 1. The summed E-state index contributed by atoms with van der Waals surface area (Å²) in [7, 11) is 5.11. The van der Waals surface area contributed by atoms with E-state index in [4.69, 9.17) is 10.5 Å². The molecule has 3 aromatic rings. The molecule has 7 nitrogen and oxygen atoms in total. The number of hydrogen-bond acceptors (Lipinski definition) is 6. The van der Waals surface area contributed by atoms with Crippen molar-refractivity contribution in [1.29, 1.82) is 0 Å². The fourth-order valence-electron chi connectivity index (χ4n) is 5.39. The zero-order valence-electron chi connectivity index (χ0n) is 22.6. The zero-order valence-corrected chi connectivity index (χ0v) is 22.6. The number of fused-ring (bicyclic) bond motifs is 1. The van der Waals surface area contributed by atoms with Crippen molar-refractivity contribution in [2.45, 2.75) is 57.7 Å². The van der Waals surface area contributed by atoms with Gasteiger partial charge in [0.25, 0.3) is 0 Å². The highest BCUT2D eigenvalue weighted by molar-refractivity contribution is 5.91. The molecule has 210 valence electrons. The molecule has 1 fully saturated rings. The molecule has 2 aromatic carbocycles. The van der Waals surface area contributed by atoms with Crippen molar-refractivity contribution < 1.29 is 27.1 Å². The molecule has 4 rings (SSSR count). The Morgan fingerprint density at radius 2 is 1.79 bits per heavy atom. The molecule has 0 aliphatic heterocycles. The number of anilines is 2. The summed E-state index contributed by atoms with van der Waals surface area (Å²) in [5.41, 5.74) is 5.40. The average molecular weight is 548 g/mol. The quantitative estimate of drug-likeness (QED) is 0.281. The average Bonchev–Trinajstić information content (AvgIpc) is 2.87. The number of hydrogen-bond donors (Lipinski definition) is 2. The van der Waals surface area contributed by atoms with Gasteiger partial charge in [-0.25, -0.2) is 14.4 Å². The summed E-state index contributed by atoms with van der Waals surface area (Å²) in [5.74, 6) is 0.339. The van der Waals surface area contributed by atoms with Crippen LogP contribution in [0, 0.1) is 18.7 Å². The molecule has 1 amide bonds. The summed E-state index contributed by atoms with van der Waals surface area (Å²) in [6.45, 7) is 3.25. The summed E-state index contributed by atoms with van der Waals surface area (Å²) in [6.07, 6.45) is -1.77. The van der Waals surface area contributed by atoms with E-state index < -0.39 is 23.6 Å². The smallest absolute Gasteiger partial charge is 0.419 e. The number of nitrogens with one attached hydrogen (secondary N) is 1. The number of aryl methyl sites for hydroxylation is 1.